The summed E-state index contributed by atoms with van der Waals surface area (Å²) in [7, 11) is 0. The minimum absolute atomic E-state index is 0.207. The Morgan fingerprint density at radius 3 is 2.77 bits per heavy atom. The molecule has 0 bridgehead atoms. The number of rotatable bonds is 5. The van der Waals surface area contributed by atoms with Gasteiger partial charge in [0.2, 0.25) is 5.91 Å². The lowest BCUT2D eigenvalue weighted by Gasteiger charge is -2.12. The van der Waals surface area contributed by atoms with E-state index in [-0.39, 0.29) is 12.5 Å². The van der Waals surface area contributed by atoms with Crippen LogP contribution in [-0.4, -0.2) is 15.5 Å². The van der Waals surface area contributed by atoms with E-state index in [1.807, 2.05) is 36.4 Å². The number of furan rings is 1. The minimum Gasteiger partial charge on any atom is -0.457 e. The number of para-hydroxylation sites is 3. The summed E-state index contributed by atoms with van der Waals surface area (Å²) in [6.45, 7) is 1.87. The molecule has 0 radical (unpaired) electrons. The average molecular weight is 419 g/mol. The largest absolute Gasteiger partial charge is 0.457 e. The first kappa shape index (κ1) is 18.4. The van der Waals surface area contributed by atoms with Crippen molar-refractivity contribution in [3.63, 3.8) is 0 Å². The van der Waals surface area contributed by atoms with Crippen molar-refractivity contribution in [3.05, 3.63) is 77.0 Å². The highest BCUT2D eigenvalue weighted by atomic mass is 32.1. The van der Waals surface area contributed by atoms with Crippen LogP contribution in [0.3, 0.4) is 0 Å². The molecule has 7 nitrogen and oxygen atoms in total. The van der Waals surface area contributed by atoms with Crippen molar-refractivity contribution >= 4 is 38.6 Å². The second-order valence-corrected chi connectivity index (χ2v) is 7.88. The van der Waals surface area contributed by atoms with Crippen LogP contribution in [-0.2, 0) is 11.3 Å². The molecular formula is C22H17N3O4S. The summed E-state index contributed by atoms with van der Waals surface area (Å²) in [5.74, 6) is 0.399. The maximum absolute atomic E-state index is 12.6. The van der Waals surface area contributed by atoms with Crippen LogP contribution >= 0.6 is 11.3 Å². The van der Waals surface area contributed by atoms with Gasteiger partial charge in [0.05, 0.1) is 22.3 Å². The number of thiazole rings is 1. The maximum Gasteiger partial charge on any atom is 0.420 e. The third-order valence-electron chi connectivity index (χ3n) is 4.89. The van der Waals surface area contributed by atoms with E-state index in [9.17, 15) is 9.59 Å². The summed E-state index contributed by atoms with van der Waals surface area (Å²) in [4.78, 5) is 29.4. The molecule has 150 valence electrons. The van der Waals surface area contributed by atoms with Crippen molar-refractivity contribution < 1.29 is 13.6 Å². The fourth-order valence-electron chi connectivity index (χ4n) is 3.36. The number of aromatic nitrogens is 2. The van der Waals surface area contributed by atoms with Gasteiger partial charge in [-0.2, -0.15) is 0 Å². The van der Waals surface area contributed by atoms with E-state index in [0.717, 1.165) is 15.2 Å². The first-order valence-electron chi connectivity index (χ1n) is 9.42. The molecule has 0 spiro atoms. The lowest BCUT2D eigenvalue weighted by molar-refractivity contribution is -0.124. The molecule has 0 saturated heterocycles. The van der Waals surface area contributed by atoms with Crippen LogP contribution in [0.25, 0.3) is 32.1 Å². The Bertz CT molecular complexity index is 1390. The predicted molar refractivity (Wildman–Crippen MR) is 114 cm³/mol. The summed E-state index contributed by atoms with van der Waals surface area (Å²) in [5, 5.41) is 3.61. The summed E-state index contributed by atoms with van der Waals surface area (Å²) in [6, 6.07) is 17.9. The van der Waals surface area contributed by atoms with Gasteiger partial charge in [-0.1, -0.05) is 24.3 Å². The fraction of sp³-hybridized carbons (Fsp3) is 0.136. The highest BCUT2D eigenvalue weighted by Crippen LogP contribution is 2.31. The van der Waals surface area contributed by atoms with Crippen molar-refractivity contribution in [2.45, 2.75) is 19.5 Å². The Morgan fingerprint density at radius 2 is 1.90 bits per heavy atom. The van der Waals surface area contributed by atoms with E-state index in [4.69, 9.17) is 8.83 Å². The van der Waals surface area contributed by atoms with E-state index in [0.29, 0.717) is 22.6 Å². The predicted octanol–water partition coefficient (Wildman–Crippen LogP) is 4.34. The minimum atomic E-state index is -0.722. The number of carbonyl (C=O) groups excluding carboxylic acids is 1. The molecule has 0 aliphatic carbocycles. The van der Waals surface area contributed by atoms with Crippen molar-refractivity contribution in [2.75, 3.05) is 0 Å². The normalized spacial score (nSPS) is 12.4. The lowest BCUT2D eigenvalue weighted by Crippen LogP contribution is -2.34. The third kappa shape index (κ3) is 3.21. The number of hydrogen-bond donors (Lipinski definition) is 1. The Hall–Kier alpha value is -3.65. The number of amides is 1. The summed E-state index contributed by atoms with van der Waals surface area (Å²) in [6.07, 6.45) is 0. The van der Waals surface area contributed by atoms with Crippen molar-refractivity contribution in [3.8, 4) is 10.8 Å². The van der Waals surface area contributed by atoms with Gasteiger partial charge >= 0.3 is 5.76 Å². The first-order chi connectivity index (χ1) is 14.6. The molecule has 3 heterocycles. The van der Waals surface area contributed by atoms with E-state index >= 15 is 0 Å². The van der Waals surface area contributed by atoms with Crippen LogP contribution in [0.5, 0.6) is 0 Å². The van der Waals surface area contributed by atoms with Gasteiger partial charge in [-0.25, -0.2) is 9.78 Å². The van der Waals surface area contributed by atoms with Gasteiger partial charge in [-0.05, 0) is 43.3 Å². The number of nitrogens with one attached hydrogen (secondary N) is 1. The zero-order valence-electron chi connectivity index (χ0n) is 16.0. The zero-order valence-corrected chi connectivity index (χ0v) is 16.8. The van der Waals surface area contributed by atoms with Crippen LogP contribution < -0.4 is 11.1 Å². The van der Waals surface area contributed by atoms with Crippen molar-refractivity contribution in [1.82, 2.24) is 14.9 Å². The molecule has 1 atom stereocenters. The summed E-state index contributed by atoms with van der Waals surface area (Å²) in [5.41, 5.74) is 1.96. The molecule has 0 aliphatic heterocycles. The number of fused-ring (bicyclic) bond motifs is 2. The van der Waals surface area contributed by atoms with Crippen LogP contribution in [0, 0.1) is 0 Å². The molecule has 0 fully saturated rings. The molecule has 0 unspecified atom stereocenters. The van der Waals surface area contributed by atoms with Crippen LogP contribution in [0.2, 0.25) is 0 Å². The molecule has 2 aromatic carbocycles. The second kappa shape index (κ2) is 7.31. The summed E-state index contributed by atoms with van der Waals surface area (Å²) < 4.78 is 13.5. The SMILES string of the molecule is C[C@H](C(=O)NCc1ccc(-c2nc3ccccc3s2)o1)n1c(=O)oc2ccccc21. The Kier molecular flexibility index (Phi) is 4.48. The van der Waals surface area contributed by atoms with Crippen molar-refractivity contribution in [1.29, 1.82) is 0 Å². The smallest absolute Gasteiger partial charge is 0.420 e. The molecular weight excluding hydrogens is 402 g/mol. The maximum atomic E-state index is 12.6. The quantitative estimate of drug-likeness (QED) is 0.458. The molecule has 5 aromatic rings. The van der Waals surface area contributed by atoms with Gasteiger partial charge in [-0.15, -0.1) is 11.3 Å². The van der Waals surface area contributed by atoms with Gasteiger partial charge in [0.15, 0.2) is 16.4 Å². The number of benzene rings is 2. The Labute approximate surface area is 174 Å². The molecule has 0 saturated carbocycles. The fourth-order valence-corrected chi connectivity index (χ4v) is 4.28. The third-order valence-corrected chi connectivity index (χ3v) is 5.94. The number of oxazole rings is 1. The molecule has 3 aromatic heterocycles. The topological polar surface area (TPSA) is 90.3 Å². The standard InChI is InChI=1S/C22H17N3O4S/c1-13(25-16-7-3-4-8-17(16)29-22(25)27)20(26)23-12-14-10-11-18(28-14)21-24-15-6-2-5-9-19(15)30-21/h2-11,13H,12H2,1H3,(H,23,26)/t13-/m1/s1. The van der Waals surface area contributed by atoms with Crippen molar-refractivity contribution in [2.24, 2.45) is 0 Å². The van der Waals surface area contributed by atoms with Gasteiger partial charge in [-0.3, -0.25) is 9.36 Å². The monoisotopic (exact) mass is 419 g/mol. The van der Waals surface area contributed by atoms with Gasteiger partial charge < -0.3 is 14.2 Å². The Balaban J connectivity index is 1.31. The van der Waals surface area contributed by atoms with Crippen LogP contribution in [0.15, 0.2) is 74.3 Å². The molecule has 0 aliphatic rings. The molecule has 1 amide bonds. The number of carbonyl (C=O) groups is 1. The lowest BCUT2D eigenvalue weighted by atomic mass is 10.2. The highest BCUT2D eigenvalue weighted by Gasteiger charge is 2.21. The van der Waals surface area contributed by atoms with Crippen LogP contribution in [0.4, 0.5) is 0 Å². The van der Waals surface area contributed by atoms with E-state index in [1.54, 1.807) is 42.5 Å². The summed E-state index contributed by atoms with van der Waals surface area (Å²) >= 11 is 1.55. The Morgan fingerprint density at radius 1 is 1.10 bits per heavy atom. The van der Waals surface area contributed by atoms with E-state index in [2.05, 4.69) is 10.3 Å². The average Bonchev–Trinajstić information content (AvgIpc) is 3.46. The van der Waals surface area contributed by atoms with Gasteiger partial charge in [0.25, 0.3) is 0 Å². The van der Waals surface area contributed by atoms with Gasteiger partial charge in [0, 0.05) is 0 Å². The zero-order chi connectivity index (χ0) is 20.7. The van der Waals surface area contributed by atoms with E-state index in [1.165, 1.54) is 4.57 Å². The second-order valence-electron chi connectivity index (χ2n) is 6.85. The van der Waals surface area contributed by atoms with Gasteiger partial charge in [0.1, 0.15) is 11.8 Å². The molecule has 1 N–H and O–H groups in total. The number of nitrogens with zero attached hydrogens (tertiary/aromatic N) is 2. The first-order valence-corrected chi connectivity index (χ1v) is 10.2. The molecule has 5 rings (SSSR count). The van der Waals surface area contributed by atoms with Crippen LogP contribution in [0.1, 0.15) is 18.7 Å². The molecule has 8 heteroatoms. The van der Waals surface area contributed by atoms with E-state index < -0.39 is 11.8 Å². The molecule has 30 heavy (non-hydrogen) atoms. The highest BCUT2D eigenvalue weighted by molar-refractivity contribution is 7.21. The number of hydrogen-bond acceptors (Lipinski definition) is 6.